The maximum atomic E-state index is 12.5. The first-order chi connectivity index (χ1) is 9.99. The van der Waals surface area contributed by atoms with Gasteiger partial charge in [0.2, 0.25) is 0 Å². The van der Waals surface area contributed by atoms with Gasteiger partial charge in [0.15, 0.2) is 5.78 Å². The Labute approximate surface area is 124 Å². The lowest BCUT2D eigenvalue weighted by Gasteiger charge is -2.37. The van der Waals surface area contributed by atoms with Crippen LogP contribution in [0, 0.1) is 16.7 Å². The van der Waals surface area contributed by atoms with E-state index in [0.717, 1.165) is 18.2 Å². The smallest absolute Gasteiger partial charge is 0.379 e. The van der Waals surface area contributed by atoms with Crippen molar-refractivity contribution in [1.82, 2.24) is 4.98 Å². The summed E-state index contributed by atoms with van der Waals surface area (Å²) in [5.41, 5.74) is -3.96. The maximum Gasteiger partial charge on any atom is 0.417 e. The summed E-state index contributed by atoms with van der Waals surface area (Å²) >= 11 is 0. The molecule has 0 aliphatic heterocycles. The Morgan fingerprint density at radius 3 is 2.45 bits per heavy atom. The van der Waals surface area contributed by atoms with Crippen LogP contribution in [0.3, 0.4) is 0 Å². The molecule has 1 heterocycles. The second kappa shape index (κ2) is 4.92. The second-order valence-electron chi connectivity index (χ2n) is 5.91. The lowest BCUT2D eigenvalue weighted by atomic mass is 9.69. The van der Waals surface area contributed by atoms with Gasteiger partial charge in [-0.25, -0.2) is 0 Å². The third-order valence-electron chi connectivity index (χ3n) is 3.61. The third-order valence-corrected chi connectivity index (χ3v) is 3.61. The van der Waals surface area contributed by atoms with Crippen LogP contribution in [-0.4, -0.2) is 15.9 Å². The van der Waals surface area contributed by atoms with Crippen molar-refractivity contribution in [1.29, 1.82) is 5.26 Å². The molecule has 1 atom stereocenters. The van der Waals surface area contributed by atoms with Crippen LogP contribution in [0.4, 0.5) is 13.2 Å². The molecule has 0 radical (unpaired) electrons. The number of rotatable bonds is 1. The highest BCUT2D eigenvalue weighted by atomic mass is 19.4. The van der Waals surface area contributed by atoms with Crippen molar-refractivity contribution in [3.8, 4) is 6.07 Å². The second-order valence-corrected chi connectivity index (χ2v) is 5.91. The third kappa shape index (κ3) is 2.74. The lowest BCUT2D eigenvalue weighted by Crippen LogP contribution is -2.41. The van der Waals surface area contributed by atoms with Gasteiger partial charge in [-0.3, -0.25) is 9.78 Å². The summed E-state index contributed by atoms with van der Waals surface area (Å²) < 4.78 is 37.6. The fourth-order valence-electron chi connectivity index (χ4n) is 2.54. The first-order valence-electron chi connectivity index (χ1n) is 6.43. The number of aliphatic hydroxyl groups is 1. The van der Waals surface area contributed by atoms with Crippen molar-refractivity contribution in [2.75, 3.05) is 0 Å². The number of carbonyl (C=O) groups is 1. The van der Waals surface area contributed by atoms with Crippen LogP contribution in [-0.2, 0) is 16.6 Å². The molecule has 0 bridgehead atoms. The molecule has 7 heteroatoms. The number of hydrogen-bond acceptors (Lipinski definition) is 4. The number of nitrogens with zero attached hydrogens (tertiary/aromatic N) is 2. The van der Waals surface area contributed by atoms with Crippen LogP contribution >= 0.6 is 0 Å². The number of ketones is 1. The van der Waals surface area contributed by atoms with Crippen LogP contribution in [0.2, 0.25) is 0 Å². The lowest BCUT2D eigenvalue weighted by molar-refractivity contribution is -0.137. The van der Waals surface area contributed by atoms with E-state index >= 15 is 0 Å². The van der Waals surface area contributed by atoms with Crippen LogP contribution < -0.4 is 0 Å². The summed E-state index contributed by atoms with van der Waals surface area (Å²) in [6, 6.07) is 3.58. The number of pyridine rings is 1. The van der Waals surface area contributed by atoms with E-state index < -0.39 is 28.5 Å². The highest BCUT2D eigenvalue weighted by Gasteiger charge is 2.46. The predicted octanol–water partition coefficient (Wildman–Crippen LogP) is 2.74. The molecule has 4 nitrogen and oxygen atoms in total. The quantitative estimate of drug-likeness (QED) is 0.865. The molecule has 1 aromatic heterocycles. The summed E-state index contributed by atoms with van der Waals surface area (Å²) in [4.78, 5) is 15.7. The molecule has 1 aromatic rings. The van der Waals surface area contributed by atoms with Crippen LogP contribution in [0.1, 0.15) is 31.5 Å². The monoisotopic (exact) mass is 310 g/mol. The van der Waals surface area contributed by atoms with Gasteiger partial charge in [-0.2, -0.15) is 18.4 Å². The SMILES string of the molecule is CC1(C)CC(O)(c2ccc(C(F)(F)F)cn2)C=C(C#N)C1=O. The molecule has 1 aliphatic rings. The average Bonchev–Trinajstić information content (AvgIpc) is 2.42. The molecule has 0 spiro atoms. The van der Waals surface area contributed by atoms with E-state index in [2.05, 4.69) is 4.98 Å². The van der Waals surface area contributed by atoms with E-state index in [9.17, 15) is 23.1 Å². The minimum atomic E-state index is -4.52. The standard InChI is InChI=1S/C15H13F3N2O2/c1-13(2)8-14(22,5-9(6-19)12(13)21)11-4-3-10(7-20-11)15(16,17)18/h3-5,7,22H,8H2,1-2H3. The zero-order valence-corrected chi connectivity index (χ0v) is 11.9. The van der Waals surface area contributed by atoms with Gasteiger partial charge in [-0.15, -0.1) is 0 Å². The topological polar surface area (TPSA) is 74.0 Å². The molecule has 2 rings (SSSR count). The van der Waals surface area contributed by atoms with Crippen LogP contribution in [0.5, 0.6) is 0 Å². The summed E-state index contributed by atoms with van der Waals surface area (Å²) in [5, 5.41) is 19.7. The highest BCUT2D eigenvalue weighted by Crippen LogP contribution is 2.42. The molecule has 1 N–H and O–H groups in total. The number of hydrogen-bond donors (Lipinski definition) is 1. The van der Waals surface area contributed by atoms with Crippen LogP contribution in [0.25, 0.3) is 0 Å². The van der Waals surface area contributed by atoms with Crippen molar-refractivity contribution < 1.29 is 23.1 Å². The number of aromatic nitrogens is 1. The van der Waals surface area contributed by atoms with E-state index in [-0.39, 0.29) is 17.7 Å². The van der Waals surface area contributed by atoms with Gasteiger partial charge < -0.3 is 5.11 Å². The summed E-state index contributed by atoms with van der Waals surface area (Å²) in [6.45, 7) is 3.13. The molecule has 116 valence electrons. The largest absolute Gasteiger partial charge is 0.417 e. The molecular weight excluding hydrogens is 297 g/mol. The minimum absolute atomic E-state index is 0.0335. The van der Waals surface area contributed by atoms with Crippen LogP contribution in [0.15, 0.2) is 30.0 Å². The number of nitriles is 1. The Bertz CT molecular complexity index is 684. The van der Waals surface area contributed by atoms with Gasteiger partial charge in [0.05, 0.1) is 16.8 Å². The van der Waals surface area contributed by atoms with Gasteiger partial charge in [0, 0.05) is 11.6 Å². The molecule has 0 saturated heterocycles. The number of carbonyl (C=O) groups excluding carboxylic acids is 1. The molecule has 22 heavy (non-hydrogen) atoms. The maximum absolute atomic E-state index is 12.5. The Morgan fingerprint density at radius 2 is 2.00 bits per heavy atom. The van der Waals surface area contributed by atoms with Crippen molar-refractivity contribution >= 4 is 5.78 Å². The summed E-state index contributed by atoms with van der Waals surface area (Å²) in [5.74, 6) is -0.411. The van der Waals surface area contributed by atoms with Gasteiger partial charge in [0.25, 0.3) is 0 Å². The normalized spacial score (nSPS) is 24.6. The average molecular weight is 310 g/mol. The Hall–Kier alpha value is -2.20. The van der Waals surface area contributed by atoms with Gasteiger partial charge in [-0.05, 0) is 24.6 Å². The summed E-state index contributed by atoms with van der Waals surface area (Å²) in [7, 11) is 0. The van der Waals surface area contributed by atoms with Gasteiger partial charge in [0.1, 0.15) is 11.7 Å². The highest BCUT2D eigenvalue weighted by molar-refractivity contribution is 6.03. The van der Waals surface area contributed by atoms with E-state index in [4.69, 9.17) is 5.26 Å². The van der Waals surface area contributed by atoms with Crippen molar-refractivity contribution in [3.63, 3.8) is 0 Å². The minimum Gasteiger partial charge on any atom is -0.379 e. The number of halogens is 3. The van der Waals surface area contributed by atoms with E-state index in [0.29, 0.717) is 6.20 Å². The molecule has 0 fully saturated rings. The first kappa shape index (κ1) is 16.2. The fraction of sp³-hybridized carbons (Fsp3) is 0.400. The predicted molar refractivity (Wildman–Crippen MR) is 70.2 cm³/mol. The Kier molecular flexibility index (Phi) is 3.62. The zero-order chi connectivity index (χ0) is 16.8. The Morgan fingerprint density at radius 1 is 1.36 bits per heavy atom. The molecule has 0 aromatic carbocycles. The van der Waals surface area contributed by atoms with Gasteiger partial charge in [-0.1, -0.05) is 13.8 Å². The number of Topliss-reactive ketones (excluding diaryl/α,β-unsaturated/α-hetero) is 1. The fourth-order valence-corrected chi connectivity index (χ4v) is 2.54. The molecule has 0 amide bonds. The Balaban J connectivity index is 2.49. The van der Waals surface area contributed by atoms with E-state index in [1.165, 1.54) is 0 Å². The zero-order valence-electron chi connectivity index (χ0n) is 11.9. The van der Waals surface area contributed by atoms with Gasteiger partial charge >= 0.3 is 6.18 Å². The van der Waals surface area contributed by atoms with Crippen molar-refractivity contribution in [3.05, 3.63) is 41.2 Å². The van der Waals surface area contributed by atoms with Crippen molar-refractivity contribution in [2.45, 2.75) is 32.0 Å². The molecule has 1 aliphatic carbocycles. The number of alkyl halides is 3. The molecular formula is C15H13F3N2O2. The molecule has 0 saturated carbocycles. The van der Waals surface area contributed by atoms with Crippen molar-refractivity contribution in [2.24, 2.45) is 5.41 Å². The van der Waals surface area contributed by atoms with E-state index in [1.54, 1.807) is 19.9 Å². The summed E-state index contributed by atoms with van der Waals surface area (Å²) in [6.07, 6.45) is -2.90. The first-order valence-corrected chi connectivity index (χ1v) is 6.43. The number of allylic oxidation sites excluding steroid dienone is 1. The van der Waals surface area contributed by atoms with E-state index in [1.807, 2.05) is 0 Å². The molecule has 1 unspecified atom stereocenters.